The summed E-state index contributed by atoms with van der Waals surface area (Å²) >= 11 is 2.66. The van der Waals surface area contributed by atoms with E-state index in [-0.39, 0.29) is 0 Å². The largest absolute Gasteiger partial charge is 0.497 e. The molecular formula is C16H20N4O4S3. The number of benzene rings is 1. The molecule has 0 fully saturated rings. The minimum atomic E-state index is -3.72. The van der Waals surface area contributed by atoms with Gasteiger partial charge in [-0.3, -0.25) is 14.4 Å². The number of nitrogens with one attached hydrogen (secondary N) is 1. The van der Waals surface area contributed by atoms with Gasteiger partial charge in [0.2, 0.25) is 21.1 Å². The normalized spacial score (nSPS) is 12.3. The number of ether oxygens (including phenoxy) is 1. The lowest BCUT2D eigenvalue weighted by molar-refractivity contribution is -0.116. The van der Waals surface area contributed by atoms with Crippen molar-refractivity contribution in [2.75, 3.05) is 28.7 Å². The van der Waals surface area contributed by atoms with Gasteiger partial charge in [-0.1, -0.05) is 35.2 Å². The van der Waals surface area contributed by atoms with Gasteiger partial charge >= 0.3 is 0 Å². The second kappa shape index (κ2) is 9.20. The molecular weight excluding hydrogens is 408 g/mol. The zero-order chi connectivity index (χ0) is 20.0. The van der Waals surface area contributed by atoms with Crippen LogP contribution in [0.4, 0.5) is 10.8 Å². The third-order valence-corrected chi connectivity index (χ3v) is 6.57. The Bertz CT molecular complexity index is 914. The van der Waals surface area contributed by atoms with Crippen LogP contribution in [0.2, 0.25) is 0 Å². The summed E-state index contributed by atoms with van der Waals surface area (Å²) in [5.74, 6) is 0.651. The van der Waals surface area contributed by atoms with Gasteiger partial charge in [0.15, 0.2) is 4.34 Å². The molecule has 1 aromatic carbocycles. The topological polar surface area (TPSA) is 101 Å². The molecule has 2 rings (SSSR count). The summed E-state index contributed by atoms with van der Waals surface area (Å²) in [6.07, 6.45) is 2.79. The fourth-order valence-corrected chi connectivity index (χ4v) is 4.90. The minimum absolute atomic E-state index is 0.303. The summed E-state index contributed by atoms with van der Waals surface area (Å²) in [5.41, 5.74) is 0.332. The van der Waals surface area contributed by atoms with Crippen molar-refractivity contribution < 1.29 is 17.9 Å². The van der Waals surface area contributed by atoms with Gasteiger partial charge in [-0.2, -0.15) is 0 Å². The Kier molecular flexibility index (Phi) is 7.22. The molecule has 1 amide bonds. The number of carbonyl (C=O) groups excluding carboxylic acids is 1. The van der Waals surface area contributed by atoms with E-state index in [1.54, 1.807) is 30.3 Å². The van der Waals surface area contributed by atoms with Crippen molar-refractivity contribution in [1.29, 1.82) is 0 Å². The molecule has 1 heterocycles. The molecule has 1 atom stereocenters. The van der Waals surface area contributed by atoms with E-state index < -0.39 is 22.0 Å². The highest BCUT2D eigenvalue weighted by atomic mass is 32.2. The summed E-state index contributed by atoms with van der Waals surface area (Å²) in [6.45, 7) is 5.14. The van der Waals surface area contributed by atoms with Crippen LogP contribution in [-0.4, -0.2) is 49.7 Å². The van der Waals surface area contributed by atoms with Crippen LogP contribution < -0.4 is 14.4 Å². The maximum Gasteiger partial charge on any atom is 0.249 e. The monoisotopic (exact) mass is 428 g/mol. The Labute approximate surface area is 166 Å². The number of sulfonamides is 1. The van der Waals surface area contributed by atoms with Crippen LogP contribution in [-0.2, 0) is 14.8 Å². The number of rotatable bonds is 9. The van der Waals surface area contributed by atoms with Gasteiger partial charge in [-0.25, -0.2) is 8.42 Å². The summed E-state index contributed by atoms with van der Waals surface area (Å²) in [5, 5.41) is 10.8. The summed E-state index contributed by atoms with van der Waals surface area (Å²) in [4.78, 5) is 12.6. The zero-order valence-corrected chi connectivity index (χ0v) is 17.5. The molecule has 0 aliphatic rings. The van der Waals surface area contributed by atoms with Crippen molar-refractivity contribution >= 4 is 49.8 Å². The zero-order valence-electron chi connectivity index (χ0n) is 15.1. The van der Waals surface area contributed by atoms with Crippen molar-refractivity contribution in [2.45, 2.75) is 17.3 Å². The number of carbonyl (C=O) groups is 1. The van der Waals surface area contributed by atoms with Crippen LogP contribution >= 0.6 is 23.1 Å². The number of hydrogen-bond donors (Lipinski definition) is 1. The molecule has 0 aliphatic carbocycles. The van der Waals surface area contributed by atoms with E-state index in [1.807, 2.05) is 0 Å². The van der Waals surface area contributed by atoms with E-state index in [2.05, 4.69) is 22.1 Å². The second-order valence-corrected chi connectivity index (χ2v) is 9.50. The first-order valence-electron chi connectivity index (χ1n) is 7.77. The van der Waals surface area contributed by atoms with Gasteiger partial charge in [0.25, 0.3) is 0 Å². The van der Waals surface area contributed by atoms with E-state index in [0.29, 0.717) is 26.7 Å². The predicted octanol–water partition coefficient (Wildman–Crippen LogP) is 2.62. The number of methoxy groups -OCH3 is 1. The molecule has 0 bridgehead atoms. The first-order chi connectivity index (χ1) is 12.8. The molecule has 0 saturated heterocycles. The average molecular weight is 429 g/mol. The summed E-state index contributed by atoms with van der Waals surface area (Å²) in [7, 11) is -2.23. The second-order valence-electron chi connectivity index (χ2n) is 5.40. The molecule has 1 aromatic heterocycles. The van der Waals surface area contributed by atoms with Crippen LogP contribution in [0.15, 0.2) is 41.3 Å². The van der Waals surface area contributed by atoms with Crippen molar-refractivity contribution in [3.8, 4) is 5.75 Å². The van der Waals surface area contributed by atoms with Crippen LogP contribution in [0.25, 0.3) is 0 Å². The van der Waals surface area contributed by atoms with Crippen LogP contribution in [0.1, 0.15) is 6.92 Å². The number of thioether (sulfide) groups is 1. The Morgan fingerprint density at radius 2 is 2.22 bits per heavy atom. The molecule has 0 aliphatic heterocycles. The van der Waals surface area contributed by atoms with Crippen molar-refractivity contribution in [3.63, 3.8) is 0 Å². The highest BCUT2D eigenvalue weighted by Gasteiger charge is 2.30. The van der Waals surface area contributed by atoms with Gasteiger partial charge in [0.1, 0.15) is 11.8 Å². The first-order valence-corrected chi connectivity index (χ1v) is 11.4. The highest BCUT2D eigenvalue weighted by Crippen LogP contribution is 2.28. The van der Waals surface area contributed by atoms with Gasteiger partial charge < -0.3 is 4.74 Å². The Morgan fingerprint density at radius 1 is 1.48 bits per heavy atom. The number of anilines is 2. The maximum absolute atomic E-state index is 12.6. The number of amides is 1. The molecule has 1 unspecified atom stereocenters. The first kappa shape index (κ1) is 21.2. The number of hydrogen-bond acceptors (Lipinski definition) is 8. The Balaban J connectivity index is 2.21. The molecule has 8 nitrogen and oxygen atoms in total. The minimum Gasteiger partial charge on any atom is -0.497 e. The molecule has 146 valence electrons. The van der Waals surface area contributed by atoms with Crippen LogP contribution in [0.5, 0.6) is 5.75 Å². The quantitative estimate of drug-likeness (QED) is 0.372. The molecule has 2 aromatic rings. The molecule has 0 saturated carbocycles. The van der Waals surface area contributed by atoms with E-state index in [0.717, 1.165) is 10.6 Å². The fourth-order valence-electron chi connectivity index (χ4n) is 2.22. The third kappa shape index (κ3) is 5.68. The summed E-state index contributed by atoms with van der Waals surface area (Å²) < 4.78 is 31.5. The third-order valence-electron chi connectivity index (χ3n) is 3.36. The fraction of sp³-hybridized carbons (Fsp3) is 0.312. The molecule has 0 radical (unpaired) electrons. The summed E-state index contributed by atoms with van der Waals surface area (Å²) in [6, 6.07) is 5.51. The Hall–Kier alpha value is -2.11. The van der Waals surface area contributed by atoms with Crippen molar-refractivity contribution in [2.24, 2.45) is 0 Å². The van der Waals surface area contributed by atoms with E-state index in [1.165, 1.54) is 37.1 Å². The van der Waals surface area contributed by atoms with Gasteiger partial charge in [0.05, 0.1) is 19.1 Å². The maximum atomic E-state index is 12.6. The predicted molar refractivity (Wildman–Crippen MR) is 109 cm³/mol. The molecule has 27 heavy (non-hydrogen) atoms. The molecule has 1 N–H and O–H groups in total. The smallest absolute Gasteiger partial charge is 0.249 e. The van der Waals surface area contributed by atoms with Gasteiger partial charge in [-0.05, 0) is 19.1 Å². The molecule has 11 heteroatoms. The lowest BCUT2D eigenvalue weighted by atomic mass is 10.2. The highest BCUT2D eigenvalue weighted by molar-refractivity contribution is 8.01. The number of nitrogens with zero attached hydrogens (tertiary/aromatic N) is 3. The molecule has 0 spiro atoms. The van der Waals surface area contributed by atoms with Crippen molar-refractivity contribution in [3.05, 3.63) is 36.9 Å². The van der Waals surface area contributed by atoms with Crippen LogP contribution in [0, 0.1) is 0 Å². The van der Waals surface area contributed by atoms with Crippen LogP contribution in [0.3, 0.4) is 0 Å². The van der Waals surface area contributed by atoms with Crippen molar-refractivity contribution in [1.82, 2.24) is 10.2 Å². The SMILES string of the molecule is C=CCSc1nnc(NC(=O)C(C)N(c2cccc(OC)c2)S(C)(=O)=O)s1. The van der Waals surface area contributed by atoms with E-state index in [9.17, 15) is 13.2 Å². The lowest BCUT2D eigenvalue weighted by Gasteiger charge is -2.28. The van der Waals surface area contributed by atoms with E-state index >= 15 is 0 Å². The lowest BCUT2D eigenvalue weighted by Crippen LogP contribution is -2.45. The van der Waals surface area contributed by atoms with E-state index in [4.69, 9.17) is 4.74 Å². The standard InChI is InChI=1S/C16H20N4O4S3/c1-5-9-25-16-19-18-15(26-16)17-14(21)11(2)20(27(4,22)23)12-7-6-8-13(10-12)24-3/h5-8,10-11H,1,9H2,2-4H3,(H,17,18,21). The average Bonchev–Trinajstić information content (AvgIpc) is 3.06. The van der Waals surface area contributed by atoms with Gasteiger partial charge in [-0.15, -0.1) is 16.8 Å². The Morgan fingerprint density at radius 3 is 2.85 bits per heavy atom. The van der Waals surface area contributed by atoms with Gasteiger partial charge in [0, 0.05) is 11.8 Å². The number of aromatic nitrogens is 2.